The fourth-order valence-corrected chi connectivity index (χ4v) is 3.12. The molecule has 1 aromatic rings. The molecule has 1 heterocycles. The molecule has 1 N–H and O–H groups in total. The van der Waals surface area contributed by atoms with E-state index in [9.17, 15) is 9.32 Å². The molecule has 0 radical (unpaired) electrons. The third kappa shape index (κ3) is 2.75. The molecule has 0 unspecified atom stereocenters. The average molecular weight is 260 g/mol. The number of halogens is 1. The zero-order valence-electron chi connectivity index (χ0n) is 8.86. The summed E-state index contributed by atoms with van der Waals surface area (Å²) in [5.41, 5.74) is 0.761. The van der Waals surface area contributed by atoms with E-state index in [0.29, 0.717) is 23.1 Å². The maximum atomic E-state index is 11.2. The lowest BCUT2D eigenvalue weighted by atomic mass is 10.2. The Morgan fingerprint density at radius 1 is 1.38 bits per heavy atom. The third-order valence-electron chi connectivity index (χ3n) is 2.75. The number of benzene rings is 1. The van der Waals surface area contributed by atoms with Crippen LogP contribution in [0.5, 0.6) is 5.75 Å². The maximum Gasteiger partial charge on any atom is 0.121 e. The van der Waals surface area contributed by atoms with Gasteiger partial charge in [-0.1, -0.05) is 17.7 Å². The van der Waals surface area contributed by atoms with Crippen LogP contribution in [0.25, 0.3) is 0 Å². The van der Waals surface area contributed by atoms with Crippen molar-refractivity contribution in [3.8, 4) is 5.75 Å². The van der Waals surface area contributed by atoms with E-state index in [0.717, 1.165) is 18.7 Å². The molecule has 1 saturated heterocycles. The first-order chi connectivity index (χ1) is 7.66. The number of phenolic OH excluding ortho intramolecular Hbond substituents is 1. The topological polar surface area (TPSA) is 40.5 Å². The van der Waals surface area contributed by atoms with Gasteiger partial charge in [0.25, 0.3) is 0 Å². The van der Waals surface area contributed by atoms with E-state index in [4.69, 9.17) is 11.6 Å². The van der Waals surface area contributed by atoms with Gasteiger partial charge >= 0.3 is 0 Å². The smallest absolute Gasteiger partial charge is 0.121 e. The molecule has 0 aromatic heterocycles. The number of aromatic hydroxyl groups is 1. The summed E-state index contributed by atoms with van der Waals surface area (Å²) in [6.45, 7) is 2.23. The molecule has 88 valence electrons. The van der Waals surface area contributed by atoms with Crippen molar-refractivity contribution in [1.82, 2.24) is 4.90 Å². The molecule has 1 aliphatic heterocycles. The van der Waals surface area contributed by atoms with Crippen LogP contribution < -0.4 is 0 Å². The summed E-state index contributed by atoms with van der Waals surface area (Å²) in [7, 11) is -0.667. The normalized spacial score (nSPS) is 18.8. The van der Waals surface area contributed by atoms with Crippen LogP contribution in [-0.2, 0) is 17.3 Å². The van der Waals surface area contributed by atoms with Crippen LogP contribution in [0.1, 0.15) is 5.56 Å². The van der Waals surface area contributed by atoms with Crippen LogP contribution >= 0.6 is 11.6 Å². The monoisotopic (exact) mass is 259 g/mol. The van der Waals surface area contributed by atoms with Crippen molar-refractivity contribution in [2.24, 2.45) is 0 Å². The molecule has 2 rings (SSSR count). The van der Waals surface area contributed by atoms with Crippen LogP contribution in [0.4, 0.5) is 0 Å². The SMILES string of the molecule is O=S1CCN(Cc2c(O)cccc2Cl)CC1. The first kappa shape index (κ1) is 11.9. The quantitative estimate of drug-likeness (QED) is 0.877. The van der Waals surface area contributed by atoms with E-state index in [1.165, 1.54) is 0 Å². The second-order valence-corrected chi connectivity index (χ2v) is 5.97. The highest BCUT2D eigenvalue weighted by Gasteiger charge is 2.17. The lowest BCUT2D eigenvalue weighted by Gasteiger charge is -2.26. The Labute approximate surface area is 102 Å². The fourth-order valence-electron chi connectivity index (χ4n) is 1.76. The summed E-state index contributed by atoms with van der Waals surface area (Å²) in [5.74, 6) is 1.66. The predicted molar refractivity (Wildman–Crippen MR) is 66.3 cm³/mol. The molecule has 0 spiro atoms. The Morgan fingerprint density at radius 3 is 2.69 bits per heavy atom. The van der Waals surface area contributed by atoms with Gasteiger partial charge in [0.05, 0.1) is 0 Å². The summed E-state index contributed by atoms with van der Waals surface area (Å²) in [6.07, 6.45) is 0. The molecule has 0 atom stereocenters. The van der Waals surface area contributed by atoms with Crippen LogP contribution in [-0.4, -0.2) is 38.8 Å². The average Bonchev–Trinajstić information content (AvgIpc) is 2.26. The molecule has 5 heteroatoms. The fraction of sp³-hybridized carbons (Fsp3) is 0.455. The van der Waals surface area contributed by atoms with Crippen molar-refractivity contribution < 1.29 is 9.32 Å². The predicted octanol–water partition coefficient (Wildman–Crippen LogP) is 1.61. The van der Waals surface area contributed by atoms with Crippen molar-refractivity contribution in [3.63, 3.8) is 0 Å². The van der Waals surface area contributed by atoms with Gasteiger partial charge in [-0.2, -0.15) is 0 Å². The van der Waals surface area contributed by atoms with Gasteiger partial charge in [-0.25, -0.2) is 0 Å². The highest BCUT2D eigenvalue weighted by molar-refractivity contribution is 7.85. The van der Waals surface area contributed by atoms with Gasteiger partial charge in [-0.3, -0.25) is 9.11 Å². The summed E-state index contributed by atoms with van der Waals surface area (Å²) >= 11 is 6.03. The van der Waals surface area contributed by atoms with Crippen LogP contribution in [0.15, 0.2) is 18.2 Å². The van der Waals surface area contributed by atoms with E-state index in [1.807, 2.05) is 0 Å². The van der Waals surface area contributed by atoms with Crippen LogP contribution in [0.3, 0.4) is 0 Å². The van der Waals surface area contributed by atoms with E-state index in [1.54, 1.807) is 18.2 Å². The Balaban J connectivity index is 2.06. The number of nitrogens with zero attached hydrogens (tertiary/aromatic N) is 1. The van der Waals surface area contributed by atoms with Gasteiger partial charge in [0.1, 0.15) is 5.75 Å². The first-order valence-corrected chi connectivity index (χ1v) is 7.07. The highest BCUT2D eigenvalue weighted by Crippen LogP contribution is 2.26. The summed E-state index contributed by atoms with van der Waals surface area (Å²) in [4.78, 5) is 2.17. The molecule has 1 aliphatic rings. The molecule has 0 amide bonds. The van der Waals surface area contributed by atoms with Crippen molar-refractivity contribution in [2.75, 3.05) is 24.6 Å². The first-order valence-electron chi connectivity index (χ1n) is 5.20. The Hall–Kier alpha value is -0.580. The second-order valence-electron chi connectivity index (χ2n) is 3.86. The van der Waals surface area contributed by atoms with Crippen molar-refractivity contribution in [3.05, 3.63) is 28.8 Å². The molecule has 0 aliphatic carbocycles. The maximum absolute atomic E-state index is 11.2. The molecule has 0 bridgehead atoms. The van der Waals surface area contributed by atoms with E-state index in [2.05, 4.69) is 4.90 Å². The van der Waals surface area contributed by atoms with Crippen LogP contribution in [0, 0.1) is 0 Å². The van der Waals surface area contributed by atoms with E-state index < -0.39 is 10.8 Å². The minimum atomic E-state index is -0.667. The molecule has 1 aromatic carbocycles. The molecule has 0 saturated carbocycles. The standard InChI is InChI=1S/C11H14ClNO2S/c12-10-2-1-3-11(14)9(10)8-13-4-6-16(15)7-5-13/h1-3,14H,4-8H2. The number of hydrogen-bond acceptors (Lipinski definition) is 3. The van der Waals surface area contributed by atoms with E-state index in [-0.39, 0.29) is 5.75 Å². The lowest BCUT2D eigenvalue weighted by Crippen LogP contribution is -2.37. The second kappa shape index (κ2) is 5.17. The lowest BCUT2D eigenvalue weighted by molar-refractivity contribution is 0.287. The molecule has 1 fully saturated rings. The highest BCUT2D eigenvalue weighted by atomic mass is 35.5. The zero-order chi connectivity index (χ0) is 11.5. The van der Waals surface area contributed by atoms with Crippen molar-refractivity contribution in [1.29, 1.82) is 0 Å². The molecular weight excluding hydrogens is 246 g/mol. The number of phenols is 1. The minimum absolute atomic E-state index is 0.235. The third-order valence-corrected chi connectivity index (χ3v) is 4.38. The summed E-state index contributed by atoms with van der Waals surface area (Å²) in [5, 5.41) is 10.3. The summed E-state index contributed by atoms with van der Waals surface area (Å²) in [6, 6.07) is 5.15. The van der Waals surface area contributed by atoms with Gasteiger partial charge in [0.15, 0.2) is 0 Å². The van der Waals surface area contributed by atoms with E-state index >= 15 is 0 Å². The largest absolute Gasteiger partial charge is 0.508 e. The molecule has 16 heavy (non-hydrogen) atoms. The van der Waals surface area contributed by atoms with Crippen molar-refractivity contribution >= 4 is 22.4 Å². The van der Waals surface area contributed by atoms with Gasteiger partial charge in [-0.15, -0.1) is 0 Å². The van der Waals surface area contributed by atoms with Gasteiger partial charge < -0.3 is 5.11 Å². The van der Waals surface area contributed by atoms with Crippen molar-refractivity contribution in [2.45, 2.75) is 6.54 Å². The Bertz CT molecular complexity index is 381. The number of rotatable bonds is 2. The molecule has 3 nitrogen and oxygen atoms in total. The minimum Gasteiger partial charge on any atom is -0.508 e. The molecular formula is C11H14ClNO2S. The Morgan fingerprint density at radius 2 is 2.06 bits per heavy atom. The van der Waals surface area contributed by atoms with Gasteiger partial charge in [0, 0.05) is 52.5 Å². The van der Waals surface area contributed by atoms with Crippen LogP contribution in [0.2, 0.25) is 5.02 Å². The summed E-state index contributed by atoms with van der Waals surface area (Å²) < 4.78 is 11.2. The van der Waals surface area contributed by atoms with Gasteiger partial charge in [0.2, 0.25) is 0 Å². The number of hydrogen-bond donors (Lipinski definition) is 1. The van der Waals surface area contributed by atoms with Gasteiger partial charge in [-0.05, 0) is 12.1 Å². The zero-order valence-corrected chi connectivity index (χ0v) is 10.4. The Kier molecular flexibility index (Phi) is 3.84.